The summed E-state index contributed by atoms with van der Waals surface area (Å²) in [6, 6.07) is 16.8. The van der Waals surface area contributed by atoms with Gasteiger partial charge >= 0.3 is 0 Å². The normalized spacial score (nSPS) is 17.8. The van der Waals surface area contributed by atoms with E-state index in [-0.39, 0.29) is 17.5 Å². The molecule has 0 bridgehead atoms. The lowest BCUT2D eigenvalue weighted by molar-refractivity contribution is -0.127. The van der Waals surface area contributed by atoms with Gasteiger partial charge in [0.05, 0.1) is 29.1 Å². The Balaban J connectivity index is 1.33. The van der Waals surface area contributed by atoms with E-state index in [9.17, 15) is 14.7 Å². The molecule has 1 saturated carbocycles. The molecule has 6 nitrogen and oxygen atoms in total. The predicted molar refractivity (Wildman–Crippen MR) is 150 cm³/mol. The van der Waals surface area contributed by atoms with Crippen molar-refractivity contribution in [2.75, 3.05) is 18.0 Å². The van der Waals surface area contributed by atoms with Gasteiger partial charge in [-0.2, -0.15) is 0 Å². The number of carbonyl (C=O) groups excluding carboxylic acids is 2. The van der Waals surface area contributed by atoms with Gasteiger partial charge in [0.25, 0.3) is 0 Å². The molecular weight excluding hydrogens is 474 g/mol. The summed E-state index contributed by atoms with van der Waals surface area (Å²) >= 11 is 0. The molecule has 1 fully saturated rings. The van der Waals surface area contributed by atoms with Crippen molar-refractivity contribution in [3.63, 3.8) is 0 Å². The minimum atomic E-state index is -0.479. The predicted octanol–water partition coefficient (Wildman–Crippen LogP) is 5.65. The van der Waals surface area contributed by atoms with Gasteiger partial charge < -0.3 is 10.0 Å². The first-order valence-electron chi connectivity index (χ1n) is 13.9. The average Bonchev–Trinajstić information content (AvgIpc) is 3.23. The largest absolute Gasteiger partial charge is 0.391 e. The molecule has 198 valence electrons. The number of aliphatic hydroxyl groups is 1. The van der Waals surface area contributed by atoms with Gasteiger partial charge in [-0.25, -0.2) is 9.97 Å². The molecule has 6 heteroatoms. The quantitative estimate of drug-likeness (QED) is 0.295. The Morgan fingerprint density at radius 1 is 0.789 bits per heavy atom. The fourth-order valence-corrected chi connectivity index (χ4v) is 5.60. The van der Waals surface area contributed by atoms with Crippen molar-refractivity contribution in [3.05, 3.63) is 65.4 Å². The maximum Gasteiger partial charge on any atom is 0.151 e. The highest BCUT2D eigenvalue weighted by molar-refractivity contribution is 6.08. The highest BCUT2D eigenvalue weighted by Crippen LogP contribution is 2.35. The molecule has 1 N–H and O–H groups in total. The standard InChI is InChI=1S/C32H37N3O3/c1-21-8-12-23(13-9-21)30-31(24-14-10-22(2)11-15-24)34-32-27(33-30)19-25(36)20-35(32)18-6-4-3-5-7-26-28(37)16-17-29(26)38/h8-15,25-26,36H,3-7,16-20H2,1-2H3. The number of anilines is 1. The van der Waals surface area contributed by atoms with Gasteiger partial charge in [-0.15, -0.1) is 0 Å². The third kappa shape index (κ3) is 5.86. The van der Waals surface area contributed by atoms with Crippen molar-refractivity contribution in [3.8, 4) is 22.5 Å². The van der Waals surface area contributed by atoms with Crippen LogP contribution in [0.5, 0.6) is 0 Å². The summed E-state index contributed by atoms with van der Waals surface area (Å²) in [7, 11) is 0. The van der Waals surface area contributed by atoms with Gasteiger partial charge in [-0.1, -0.05) is 78.9 Å². The highest BCUT2D eigenvalue weighted by atomic mass is 16.3. The second-order valence-corrected chi connectivity index (χ2v) is 10.9. The van der Waals surface area contributed by atoms with Crippen LogP contribution >= 0.6 is 0 Å². The van der Waals surface area contributed by atoms with Crippen molar-refractivity contribution in [2.24, 2.45) is 5.92 Å². The molecule has 2 aromatic carbocycles. The average molecular weight is 512 g/mol. The number of fused-ring (bicyclic) bond motifs is 1. The van der Waals surface area contributed by atoms with Gasteiger partial charge in [0.15, 0.2) is 5.82 Å². The third-order valence-electron chi connectivity index (χ3n) is 7.82. The summed E-state index contributed by atoms with van der Waals surface area (Å²) in [6.45, 7) is 5.49. The third-order valence-corrected chi connectivity index (χ3v) is 7.82. The Labute approximate surface area is 225 Å². The number of carbonyl (C=O) groups is 2. The number of nitrogens with zero attached hydrogens (tertiary/aromatic N) is 3. The molecule has 1 aliphatic heterocycles. The summed E-state index contributed by atoms with van der Waals surface area (Å²) in [5.41, 5.74) is 6.99. The maximum atomic E-state index is 11.9. The van der Waals surface area contributed by atoms with Crippen molar-refractivity contribution in [1.82, 2.24) is 9.97 Å². The number of benzene rings is 2. The number of aromatic nitrogens is 2. The summed E-state index contributed by atoms with van der Waals surface area (Å²) < 4.78 is 0. The fraction of sp³-hybridized carbons (Fsp3) is 0.438. The minimum Gasteiger partial charge on any atom is -0.391 e. The zero-order valence-electron chi connectivity index (χ0n) is 22.4. The van der Waals surface area contributed by atoms with Crippen LogP contribution in [-0.4, -0.2) is 45.8 Å². The minimum absolute atomic E-state index is 0.127. The van der Waals surface area contributed by atoms with Gasteiger partial charge in [-0.3, -0.25) is 9.59 Å². The van der Waals surface area contributed by atoms with Crippen LogP contribution in [0.4, 0.5) is 5.82 Å². The van der Waals surface area contributed by atoms with Crippen molar-refractivity contribution in [1.29, 1.82) is 0 Å². The van der Waals surface area contributed by atoms with Gasteiger partial charge in [0, 0.05) is 43.5 Å². The number of rotatable bonds is 9. The smallest absolute Gasteiger partial charge is 0.151 e. The van der Waals surface area contributed by atoms with E-state index in [0.717, 1.165) is 66.3 Å². The Morgan fingerprint density at radius 3 is 1.95 bits per heavy atom. The molecule has 0 radical (unpaired) electrons. The number of hydrogen-bond acceptors (Lipinski definition) is 6. The lowest BCUT2D eigenvalue weighted by Crippen LogP contribution is -2.40. The first kappa shape index (κ1) is 26.2. The monoisotopic (exact) mass is 511 g/mol. The van der Waals surface area contributed by atoms with Crippen LogP contribution in [-0.2, 0) is 16.0 Å². The van der Waals surface area contributed by atoms with Gasteiger partial charge in [0.1, 0.15) is 11.6 Å². The Bertz CT molecular complexity index is 1280. The van der Waals surface area contributed by atoms with Crippen LogP contribution in [0.15, 0.2) is 48.5 Å². The number of Topliss-reactive ketones (excluding diaryl/α,β-unsaturated/α-hetero) is 2. The lowest BCUT2D eigenvalue weighted by Gasteiger charge is -2.33. The second kappa shape index (κ2) is 11.6. The topological polar surface area (TPSA) is 83.4 Å². The summed E-state index contributed by atoms with van der Waals surface area (Å²) in [4.78, 5) is 36.2. The molecule has 0 amide bonds. The molecule has 1 atom stereocenters. The Morgan fingerprint density at radius 2 is 1.34 bits per heavy atom. The fourth-order valence-electron chi connectivity index (χ4n) is 5.60. The van der Waals surface area contributed by atoms with Crippen LogP contribution in [0.2, 0.25) is 0 Å². The van der Waals surface area contributed by atoms with Crippen molar-refractivity contribution >= 4 is 17.4 Å². The van der Waals surface area contributed by atoms with E-state index in [0.29, 0.717) is 32.2 Å². The SMILES string of the molecule is Cc1ccc(-c2nc3c(nc2-c2ccc(C)cc2)N(CCCCCCC2C(=O)CCC2=O)CC(O)C3)cc1. The molecule has 38 heavy (non-hydrogen) atoms. The van der Waals surface area contributed by atoms with Crippen LogP contribution < -0.4 is 4.90 Å². The Kier molecular flexibility index (Phi) is 7.98. The molecule has 0 saturated heterocycles. The van der Waals surface area contributed by atoms with Gasteiger partial charge in [0.2, 0.25) is 0 Å². The Hall–Kier alpha value is -3.38. The molecule has 1 aromatic heterocycles. The number of β-amino-alcohol motifs (C(OH)–C–C–N with tert-alkyl or cyclic N) is 1. The number of hydrogen-bond donors (Lipinski definition) is 1. The first-order chi connectivity index (χ1) is 18.4. The van der Waals surface area contributed by atoms with Crippen LogP contribution in [0.1, 0.15) is 61.8 Å². The van der Waals surface area contributed by atoms with E-state index < -0.39 is 6.10 Å². The molecule has 1 aliphatic carbocycles. The molecule has 1 unspecified atom stereocenters. The van der Waals surface area contributed by atoms with E-state index in [2.05, 4.69) is 67.3 Å². The number of unbranched alkanes of at least 4 members (excludes halogenated alkanes) is 3. The molecule has 5 rings (SSSR count). The maximum absolute atomic E-state index is 11.9. The first-order valence-corrected chi connectivity index (χ1v) is 13.9. The molecule has 0 spiro atoms. The summed E-state index contributed by atoms with van der Waals surface area (Å²) in [6.07, 6.45) is 5.43. The number of ketones is 2. The van der Waals surface area contributed by atoms with E-state index in [1.807, 2.05) is 0 Å². The summed E-state index contributed by atoms with van der Waals surface area (Å²) in [5.74, 6) is 0.768. The molecule has 2 aliphatic rings. The van der Waals surface area contributed by atoms with Crippen molar-refractivity contribution < 1.29 is 14.7 Å². The van der Waals surface area contributed by atoms with E-state index in [1.54, 1.807) is 0 Å². The van der Waals surface area contributed by atoms with E-state index in [4.69, 9.17) is 9.97 Å². The molecular formula is C32H37N3O3. The van der Waals surface area contributed by atoms with E-state index >= 15 is 0 Å². The van der Waals surface area contributed by atoms with Crippen LogP contribution in [0.3, 0.4) is 0 Å². The van der Waals surface area contributed by atoms with Crippen LogP contribution in [0, 0.1) is 19.8 Å². The number of aryl methyl sites for hydroxylation is 2. The molecule has 2 heterocycles. The zero-order valence-corrected chi connectivity index (χ0v) is 22.4. The highest BCUT2D eigenvalue weighted by Gasteiger charge is 2.32. The van der Waals surface area contributed by atoms with Crippen molar-refractivity contribution in [2.45, 2.75) is 71.3 Å². The summed E-state index contributed by atoms with van der Waals surface area (Å²) in [5, 5.41) is 10.7. The lowest BCUT2D eigenvalue weighted by atomic mass is 9.97. The zero-order chi connectivity index (χ0) is 26.6. The second-order valence-electron chi connectivity index (χ2n) is 10.9. The van der Waals surface area contributed by atoms with E-state index in [1.165, 1.54) is 11.1 Å². The van der Waals surface area contributed by atoms with Gasteiger partial charge in [-0.05, 0) is 26.7 Å². The molecule has 3 aromatic rings. The number of aliphatic hydroxyl groups excluding tert-OH is 1. The van der Waals surface area contributed by atoms with Crippen LogP contribution in [0.25, 0.3) is 22.5 Å².